The first-order valence-electron chi connectivity index (χ1n) is 6.06. The number of nitrogens with zero attached hydrogens (tertiary/aromatic N) is 1. The number of ether oxygens (including phenoxy) is 1. The third-order valence-electron chi connectivity index (χ3n) is 3.52. The quantitative estimate of drug-likeness (QED) is 0.721. The number of amides is 1. The Morgan fingerprint density at radius 2 is 2.19 bits per heavy atom. The maximum atomic E-state index is 11.4. The number of piperidine rings is 1. The number of aliphatic hydroxyl groups excluding tert-OH is 1. The van der Waals surface area contributed by atoms with Crippen LogP contribution in [0.4, 0.5) is 4.79 Å². The van der Waals surface area contributed by atoms with Crippen molar-refractivity contribution in [3.8, 4) is 0 Å². The molecule has 16 heavy (non-hydrogen) atoms. The Kier molecular flexibility index (Phi) is 4.01. The molecule has 92 valence electrons. The van der Waals surface area contributed by atoms with Crippen LogP contribution in [0.3, 0.4) is 0 Å². The minimum Gasteiger partial charge on any atom is -0.447 e. The third-order valence-corrected chi connectivity index (χ3v) is 3.52. The van der Waals surface area contributed by atoms with Gasteiger partial charge in [0.05, 0.1) is 12.6 Å². The lowest BCUT2D eigenvalue weighted by Gasteiger charge is -2.26. The number of aliphatic hydroxyl groups is 1. The van der Waals surface area contributed by atoms with Crippen molar-refractivity contribution in [2.75, 3.05) is 32.8 Å². The van der Waals surface area contributed by atoms with Gasteiger partial charge in [0.25, 0.3) is 0 Å². The van der Waals surface area contributed by atoms with E-state index in [0.29, 0.717) is 19.1 Å². The first kappa shape index (κ1) is 11.7. The molecular formula is C11H20N2O3. The van der Waals surface area contributed by atoms with E-state index < -0.39 is 0 Å². The highest BCUT2D eigenvalue weighted by Crippen LogP contribution is 2.19. The van der Waals surface area contributed by atoms with Gasteiger partial charge < -0.3 is 15.2 Å². The smallest absolute Gasteiger partial charge is 0.410 e. The van der Waals surface area contributed by atoms with Gasteiger partial charge in [-0.25, -0.2) is 4.79 Å². The van der Waals surface area contributed by atoms with Crippen LogP contribution in [0, 0.1) is 5.92 Å². The van der Waals surface area contributed by atoms with Crippen molar-refractivity contribution >= 4 is 6.09 Å². The number of carbonyl (C=O) groups excluding carboxylic acids is 1. The van der Waals surface area contributed by atoms with E-state index in [1.165, 1.54) is 12.8 Å². The first-order chi connectivity index (χ1) is 7.81. The van der Waals surface area contributed by atoms with Crippen molar-refractivity contribution in [3.05, 3.63) is 0 Å². The minimum absolute atomic E-state index is 0.00202. The summed E-state index contributed by atoms with van der Waals surface area (Å²) in [5.74, 6) is 0.703. The summed E-state index contributed by atoms with van der Waals surface area (Å²) in [5, 5.41) is 12.4. The maximum absolute atomic E-state index is 11.4. The molecule has 2 aliphatic heterocycles. The summed E-state index contributed by atoms with van der Waals surface area (Å²) in [5.41, 5.74) is 0. The molecule has 0 aromatic heterocycles. The molecule has 2 aliphatic rings. The largest absolute Gasteiger partial charge is 0.447 e. The Morgan fingerprint density at radius 3 is 2.88 bits per heavy atom. The average Bonchev–Trinajstić information content (AvgIpc) is 2.69. The van der Waals surface area contributed by atoms with Crippen LogP contribution in [0.25, 0.3) is 0 Å². The fourth-order valence-corrected chi connectivity index (χ4v) is 2.41. The lowest BCUT2D eigenvalue weighted by Crippen LogP contribution is -2.38. The predicted octanol–water partition coefficient (Wildman–Crippen LogP) is 0.189. The summed E-state index contributed by atoms with van der Waals surface area (Å²) in [7, 11) is 0. The van der Waals surface area contributed by atoms with Gasteiger partial charge in [0.15, 0.2) is 0 Å². The lowest BCUT2D eigenvalue weighted by molar-refractivity contribution is 0.148. The predicted molar refractivity (Wildman–Crippen MR) is 59.1 cm³/mol. The monoisotopic (exact) mass is 228 g/mol. The van der Waals surface area contributed by atoms with Gasteiger partial charge in [0, 0.05) is 6.54 Å². The van der Waals surface area contributed by atoms with Gasteiger partial charge in [-0.3, -0.25) is 4.90 Å². The Bertz CT molecular complexity index is 241. The van der Waals surface area contributed by atoms with Crippen LogP contribution < -0.4 is 5.32 Å². The van der Waals surface area contributed by atoms with E-state index in [1.807, 2.05) is 0 Å². The van der Waals surface area contributed by atoms with Crippen molar-refractivity contribution in [1.29, 1.82) is 0 Å². The molecule has 1 atom stereocenters. The molecular weight excluding hydrogens is 208 g/mol. The molecule has 0 aliphatic carbocycles. The van der Waals surface area contributed by atoms with E-state index in [2.05, 4.69) is 5.32 Å². The van der Waals surface area contributed by atoms with Crippen LogP contribution in [-0.2, 0) is 4.74 Å². The van der Waals surface area contributed by atoms with Crippen molar-refractivity contribution in [2.24, 2.45) is 5.92 Å². The third kappa shape index (κ3) is 2.65. The van der Waals surface area contributed by atoms with Crippen LogP contribution >= 0.6 is 0 Å². The number of hydrogen-bond acceptors (Lipinski definition) is 4. The molecule has 2 N–H and O–H groups in total. The number of rotatable bonds is 4. The average molecular weight is 228 g/mol. The van der Waals surface area contributed by atoms with E-state index in [4.69, 9.17) is 9.84 Å². The summed E-state index contributed by atoms with van der Waals surface area (Å²) in [6.45, 7) is 3.21. The van der Waals surface area contributed by atoms with E-state index >= 15 is 0 Å². The Hall–Kier alpha value is -0.810. The molecule has 1 unspecified atom stereocenters. The molecule has 0 bridgehead atoms. The molecule has 5 nitrogen and oxygen atoms in total. The molecule has 2 fully saturated rings. The second-order valence-electron chi connectivity index (χ2n) is 4.59. The highest BCUT2D eigenvalue weighted by Gasteiger charge is 2.32. The zero-order valence-corrected chi connectivity index (χ0v) is 9.52. The second kappa shape index (κ2) is 5.50. The van der Waals surface area contributed by atoms with Crippen molar-refractivity contribution in [1.82, 2.24) is 10.2 Å². The molecule has 2 rings (SSSR count). The molecule has 5 heteroatoms. The van der Waals surface area contributed by atoms with Gasteiger partial charge in [0.1, 0.15) is 6.61 Å². The van der Waals surface area contributed by atoms with Crippen LogP contribution in [-0.4, -0.2) is 55.0 Å². The van der Waals surface area contributed by atoms with Crippen molar-refractivity contribution in [3.63, 3.8) is 0 Å². The summed E-state index contributed by atoms with van der Waals surface area (Å²) in [4.78, 5) is 13.1. The Labute approximate surface area is 95.8 Å². The van der Waals surface area contributed by atoms with Gasteiger partial charge in [-0.1, -0.05) is 0 Å². The fraction of sp³-hybridized carbons (Fsp3) is 0.909. The van der Waals surface area contributed by atoms with Gasteiger partial charge >= 0.3 is 6.09 Å². The summed E-state index contributed by atoms with van der Waals surface area (Å²) < 4.78 is 4.92. The molecule has 0 saturated carbocycles. The van der Waals surface area contributed by atoms with Gasteiger partial charge in [-0.05, 0) is 38.3 Å². The summed E-state index contributed by atoms with van der Waals surface area (Å²) >= 11 is 0. The van der Waals surface area contributed by atoms with E-state index in [-0.39, 0.29) is 18.7 Å². The number of nitrogens with one attached hydrogen (secondary N) is 1. The number of hydrogen-bond donors (Lipinski definition) is 2. The SMILES string of the molecule is O=C1OCC(CO)N1CCC1CCNCC1. The summed E-state index contributed by atoms with van der Waals surface area (Å²) in [6, 6.07) is -0.130. The normalized spacial score (nSPS) is 27.2. The number of cyclic esters (lactones) is 1. The fourth-order valence-electron chi connectivity index (χ4n) is 2.41. The zero-order chi connectivity index (χ0) is 11.4. The Morgan fingerprint density at radius 1 is 1.44 bits per heavy atom. The molecule has 0 aromatic carbocycles. The molecule has 2 saturated heterocycles. The molecule has 0 radical (unpaired) electrons. The van der Waals surface area contributed by atoms with Crippen LogP contribution in [0.2, 0.25) is 0 Å². The van der Waals surface area contributed by atoms with E-state index in [9.17, 15) is 4.79 Å². The topological polar surface area (TPSA) is 61.8 Å². The highest BCUT2D eigenvalue weighted by molar-refractivity contribution is 5.70. The maximum Gasteiger partial charge on any atom is 0.410 e. The molecule has 2 heterocycles. The molecule has 1 amide bonds. The van der Waals surface area contributed by atoms with Crippen LogP contribution in [0.5, 0.6) is 0 Å². The first-order valence-corrected chi connectivity index (χ1v) is 6.06. The second-order valence-corrected chi connectivity index (χ2v) is 4.59. The lowest BCUT2D eigenvalue weighted by atomic mass is 9.94. The van der Waals surface area contributed by atoms with Crippen molar-refractivity contribution in [2.45, 2.75) is 25.3 Å². The zero-order valence-electron chi connectivity index (χ0n) is 9.52. The van der Waals surface area contributed by atoms with Gasteiger partial charge in [-0.15, -0.1) is 0 Å². The van der Waals surface area contributed by atoms with Crippen LogP contribution in [0.1, 0.15) is 19.3 Å². The molecule has 0 spiro atoms. The number of carbonyl (C=O) groups is 1. The standard InChI is InChI=1S/C11H20N2O3/c14-7-10-8-16-11(15)13(10)6-3-9-1-4-12-5-2-9/h9-10,12,14H,1-8H2. The van der Waals surface area contributed by atoms with Crippen molar-refractivity contribution < 1.29 is 14.6 Å². The highest BCUT2D eigenvalue weighted by atomic mass is 16.6. The van der Waals surface area contributed by atoms with Gasteiger partial charge in [-0.2, -0.15) is 0 Å². The minimum atomic E-state index is -0.270. The van der Waals surface area contributed by atoms with Crippen LogP contribution in [0.15, 0.2) is 0 Å². The summed E-state index contributed by atoms with van der Waals surface area (Å²) in [6.07, 6.45) is 3.13. The Balaban J connectivity index is 1.77. The van der Waals surface area contributed by atoms with E-state index in [0.717, 1.165) is 19.5 Å². The van der Waals surface area contributed by atoms with Gasteiger partial charge in [0.2, 0.25) is 0 Å². The molecule has 0 aromatic rings. The van der Waals surface area contributed by atoms with E-state index in [1.54, 1.807) is 4.90 Å².